The van der Waals surface area contributed by atoms with E-state index in [-0.39, 0.29) is 6.42 Å². The number of ether oxygens (including phenoxy) is 2. The Morgan fingerprint density at radius 3 is 1.38 bits per heavy atom. The van der Waals surface area contributed by atoms with Crippen LogP contribution in [-0.4, -0.2) is 110 Å². The molecule has 1 amide bonds. The summed E-state index contributed by atoms with van der Waals surface area (Å²) in [5.74, 6) is 0.122. The molecule has 1 aliphatic rings. The molecule has 1 unspecified atom stereocenters. The van der Waals surface area contributed by atoms with Crippen molar-refractivity contribution in [3.05, 3.63) is 0 Å². The van der Waals surface area contributed by atoms with Crippen molar-refractivity contribution in [1.82, 2.24) is 5.32 Å². The van der Waals surface area contributed by atoms with E-state index in [1.165, 1.54) is 148 Å². The van der Waals surface area contributed by atoms with E-state index in [9.17, 15) is 40.5 Å². The van der Waals surface area contributed by atoms with Crippen LogP contribution in [0.2, 0.25) is 0 Å². The number of nitrogens with one attached hydrogen (secondary N) is 1. The first-order valence-electron chi connectivity index (χ1n) is 25.3. The second-order valence-corrected chi connectivity index (χ2v) is 18.5. The van der Waals surface area contributed by atoms with Crippen molar-refractivity contribution in [2.75, 3.05) is 13.2 Å². The maximum Gasteiger partial charge on any atom is 0.249 e. The van der Waals surface area contributed by atoms with E-state index in [0.717, 1.165) is 44.4 Å². The lowest BCUT2D eigenvalue weighted by molar-refractivity contribution is -0.303. The first-order valence-corrected chi connectivity index (χ1v) is 25.3. The summed E-state index contributed by atoms with van der Waals surface area (Å²) in [6.45, 7) is 5.79. The summed E-state index contributed by atoms with van der Waals surface area (Å²) < 4.78 is 11.1. The van der Waals surface area contributed by atoms with E-state index in [2.05, 4.69) is 26.1 Å². The van der Waals surface area contributed by atoms with Crippen LogP contribution in [0.15, 0.2) is 0 Å². The molecule has 11 heteroatoms. The van der Waals surface area contributed by atoms with Crippen LogP contribution in [0.3, 0.4) is 0 Å². The molecule has 0 aliphatic carbocycles. The zero-order valence-electron chi connectivity index (χ0n) is 38.9. The number of hydrogen-bond acceptors (Lipinski definition) is 10. The first kappa shape index (κ1) is 57.1. The molecular formula is C49H97NO10. The maximum absolute atomic E-state index is 13.1. The Kier molecular flexibility index (Phi) is 36.7. The summed E-state index contributed by atoms with van der Waals surface area (Å²) in [6.07, 6.45) is 27.2. The molecule has 1 saturated heterocycles. The molecule has 1 heterocycles. The van der Waals surface area contributed by atoms with Gasteiger partial charge in [0.1, 0.15) is 36.6 Å². The molecule has 0 aromatic rings. The van der Waals surface area contributed by atoms with E-state index in [1.807, 2.05) is 0 Å². The first-order chi connectivity index (χ1) is 29.1. The van der Waals surface area contributed by atoms with Crippen LogP contribution in [0, 0.1) is 5.92 Å². The van der Waals surface area contributed by atoms with E-state index < -0.39 is 74.2 Å². The van der Waals surface area contributed by atoms with Crippen molar-refractivity contribution in [1.29, 1.82) is 0 Å². The van der Waals surface area contributed by atoms with Crippen molar-refractivity contribution in [3.63, 3.8) is 0 Å². The van der Waals surface area contributed by atoms with Gasteiger partial charge in [0, 0.05) is 0 Å². The Balaban J connectivity index is 2.37. The molecular weight excluding hydrogens is 763 g/mol. The fraction of sp³-hybridized carbons (Fsp3) is 0.980. The van der Waals surface area contributed by atoms with Crippen LogP contribution < -0.4 is 5.32 Å². The fourth-order valence-electron chi connectivity index (χ4n) is 8.36. The Hall–Kier alpha value is -0.890. The topological polar surface area (TPSA) is 189 Å². The number of hydrogen-bond donors (Lipinski definition) is 8. The van der Waals surface area contributed by atoms with Crippen molar-refractivity contribution < 1.29 is 50.0 Å². The zero-order chi connectivity index (χ0) is 44.2. The highest BCUT2D eigenvalue weighted by Crippen LogP contribution is 2.23. The van der Waals surface area contributed by atoms with Crippen LogP contribution in [0.1, 0.15) is 233 Å². The number of carbonyl (C=O) groups is 1. The highest BCUT2D eigenvalue weighted by Gasteiger charge is 2.44. The Bertz CT molecular complexity index is 959. The molecule has 1 aliphatic heterocycles. The summed E-state index contributed by atoms with van der Waals surface area (Å²) in [5.41, 5.74) is 0. The molecule has 10 atom stereocenters. The lowest BCUT2D eigenvalue weighted by atomic mass is 9.98. The summed E-state index contributed by atoms with van der Waals surface area (Å²) in [5, 5.41) is 75.8. The van der Waals surface area contributed by atoms with Gasteiger partial charge in [0.25, 0.3) is 0 Å². The molecule has 358 valence electrons. The predicted molar refractivity (Wildman–Crippen MR) is 243 cm³/mol. The number of aliphatic hydroxyl groups is 7. The minimum Gasteiger partial charge on any atom is -0.394 e. The van der Waals surface area contributed by atoms with E-state index in [0.29, 0.717) is 19.3 Å². The van der Waals surface area contributed by atoms with Crippen LogP contribution in [0.5, 0.6) is 0 Å². The van der Waals surface area contributed by atoms with Gasteiger partial charge in [0.2, 0.25) is 5.91 Å². The third-order valence-electron chi connectivity index (χ3n) is 13.0. The monoisotopic (exact) mass is 860 g/mol. The SMILES string of the molecule is CCCCCCCCCCCCCCCCCCCCCC[C@H](O)C(=O)N[C@@H](CO[C@H]1O[C@H](CO)[C@H](O)[C@H](O)[C@H]1O)[C@H](O)[C@H](O)CCCCCCCCCCCC(C)CC. The van der Waals surface area contributed by atoms with Crippen molar-refractivity contribution in [2.24, 2.45) is 5.92 Å². The largest absolute Gasteiger partial charge is 0.394 e. The molecule has 8 N–H and O–H groups in total. The number of unbranched alkanes of at least 4 members (excludes halogenated alkanes) is 27. The highest BCUT2D eigenvalue weighted by molar-refractivity contribution is 5.80. The van der Waals surface area contributed by atoms with Gasteiger partial charge in [-0.15, -0.1) is 0 Å². The molecule has 60 heavy (non-hydrogen) atoms. The second-order valence-electron chi connectivity index (χ2n) is 18.5. The van der Waals surface area contributed by atoms with Gasteiger partial charge >= 0.3 is 0 Å². The summed E-state index contributed by atoms with van der Waals surface area (Å²) >= 11 is 0. The van der Waals surface area contributed by atoms with E-state index >= 15 is 0 Å². The Morgan fingerprint density at radius 1 is 0.567 bits per heavy atom. The second kappa shape index (κ2) is 38.6. The van der Waals surface area contributed by atoms with Gasteiger partial charge in [-0.3, -0.25) is 4.79 Å². The average molecular weight is 860 g/mol. The number of amides is 1. The van der Waals surface area contributed by atoms with Crippen molar-refractivity contribution in [3.8, 4) is 0 Å². The molecule has 0 aromatic carbocycles. The lowest BCUT2D eigenvalue weighted by Gasteiger charge is -2.40. The van der Waals surface area contributed by atoms with Crippen LogP contribution in [-0.2, 0) is 14.3 Å². The smallest absolute Gasteiger partial charge is 0.249 e. The normalized spacial score (nSPS) is 22.1. The van der Waals surface area contributed by atoms with Gasteiger partial charge in [0.15, 0.2) is 6.29 Å². The van der Waals surface area contributed by atoms with Gasteiger partial charge in [-0.2, -0.15) is 0 Å². The minimum absolute atomic E-state index is 0.266. The Morgan fingerprint density at radius 2 is 0.967 bits per heavy atom. The van der Waals surface area contributed by atoms with E-state index in [1.54, 1.807) is 0 Å². The minimum atomic E-state index is -1.66. The standard InChI is InChI=1S/C49H97NO10/c1-4-6-7-8-9-10-11-12-13-14-15-16-17-18-19-20-23-27-30-33-36-42(53)48(58)50-40(38-59-49-47(57)46(56)45(55)43(37-51)60-49)44(54)41(52)35-32-29-26-24-21-22-25-28-31-34-39(3)5-2/h39-47,49,51-57H,4-38H2,1-3H3,(H,50,58)/t39?,40-,41+,42-,43+,44-,45-,46-,47+,49-/m0/s1. The molecule has 0 radical (unpaired) electrons. The van der Waals surface area contributed by atoms with Crippen LogP contribution in [0.25, 0.3) is 0 Å². The van der Waals surface area contributed by atoms with Gasteiger partial charge in [-0.25, -0.2) is 0 Å². The lowest BCUT2D eigenvalue weighted by Crippen LogP contribution is -2.60. The molecule has 0 bridgehead atoms. The summed E-state index contributed by atoms with van der Waals surface area (Å²) in [7, 11) is 0. The number of rotatable bonds is 42. The molecule has 11 nitrogen and oxygen atoms in total. The molecule has 1 fully saturated rings. The third kappa shape index (κ3) is 28.0. The molecule has 1 rings (SSSR count). The van der Waals surface area contributed by atoms with Gasteiger partial charge in [-0.1, -0.05) is 220 Å². The van der Waals surface area contributed by atoms with Gasteiger partial charge in [-0.05, 0) is 18.8 Å². The molecule has 0 saturated carbocycles. The van der Waals surface area contributed by atoms with Gasteiger partial charge < -0.3 is 50.5 Å². The number of carbonyl (C=O) groups excluding carboxylic acids is 1. The third-order valence-corrected chi connectivity index (χ3v) is 13.0. The quantitative estimate of drug-likeness (QED) is 0.0275. The predicted octanol–water partition coefficient (Wildman–Crippen LogP) is 8.92. The summed E-state index contributed by atoms with van der Waals surface area (Å²) in [6, 6.07) is -1.16. The van der Waals surface area contributed by atoms with E-state index in [4.69, 9.17) is 9.47 Å². The van der Waals surface area contributed by atoms with Crippen molar-refractivity contribution >= 4 is 5.91 Å². The molecule has 0 aromatic heterocycles. The van der Waals surface area contributed by atoms with Gasteiger partial charge in [0.05, 0.1) is 25.4 Å². The van der Waals surface area contributed by atoms with Crippen molar-refractivity contribution in [2.45, 2.75) is 288 Å². The Labute approximate surface area is 367 Å². The highest BCUT2D eigenvalue weighted by atomic mass is 16.7. The molecule has 0 spiro atoms. The fourth-order valence-corrected chi connectivity index (χ4v) is 8.36. The zero-order valence-corrected chi connectivity index (χ0v) is 38.9. The van der Waals surface area contributed by atoms with Crippen LogP contribution >= 0.6 is 0 Å². The number of aliphatic hydroxyl groups excluding tert-OH is 7. The average Bonchev–Trinajstić information content (AvgIpc) is 3.25. The van der Waals surface area contributed by atoms with Crippen LogP contribution in [0.4, 0.5) is 0 Å². The maximum atomic E-state index is 13.1. The summed E-state index contributed by atoms with van der Waals surface area (Å²) in [4.78, 5) is 13.1.